The SMILES string of the molecule is COc1c(Br)cc(-c2coc3c(Br)c(OC)c(Br)cc3c2=O)cc1Br. The minimum Gasteiger partial charge on any atom is -0.494 e. The maximum atomic E-state index is 13.0. The zero-order valence-electron chi connectivity index (χ0n) is 13.0. The van der Waals surface area contributed by atoms with E-state index < -0.39 is 0 Å². The molecule has 0 amide bonds. The smallest absolute Gasteiger partial charge is 0.200 e. The lowest BCUT2D eigenvalue weighted by molar-refractivity contribution is 0.409. The van der Waals surface area contributed by atoms with Crippen molar-refractivity contribution in [1.82, 2.24) is 0 Å². The van der Waals surface area contributed by atoms with E-state index in [2.05, 4.69) is 63.7 Å². The third kappa shape index (κ3) is 3.29. The van der Waals surface area contributed by atoms with Crippen molar-refractivity contribution in [2.45, 2.75) is 0 Å². The molecule has 0 aliphatic heterocycles. The van der Waals surface area contributed by atoms with Gasteiger partial charge < -0.3 is 13.9 Å². The van der Waals surface area contributed by atoms with E-state index >= 15 is 0 Å². The van der Waals surface area contributed by atoms with Gasteiger partial charge in [-0.05, 0) is 87.5 Å². The Balaban J connectivity index is 2.30. The topological polar surface area (TPSA) is 48.7 Å². The summed E-state index contributed by atoms with van der Waals surface area (Å²) in [7, 11) is 3.13. The molecule has 3 rings (SSSR count). The molecule has 0 saturated carbocycles. The van der Waals surface area contributed by atoms with Gasteiger partial charge in [0.15, 0.2) is 11.3 Å². The maximum Gasteiger partial charge on any atom is 0.200 e. The second kappa shape index (κ2) is 7.42. The number of benzene rings is 2. The van der Waals surface area contributed by atoms with Gasteiger partial charge in [0.1, 0.15) is 16.5 Å². The van der Waals surface area contributed by atoms with E-state index in [0.29, 0.717) is 42.5 Å². The van der Waals surface area contributed by atoms with Crippen LogP contribution in [0.4, 0.5) is 0 Å². The van der Waals surface area contributed by atoms with Crippen molar-refractivity contribution >= 4 is 74.7 Å². The third-order valence-electron chi connectivity index (χ3n) is 3.63. The summed E-state index contributed by atoms with van der Waals surface area (Å²) >= 11 is 13.8. The second-order valence-corrected chi connectivity index (χ2v) is 8.39. The second-order valence-electron chi connectivity index (χ2n) is 5.03. The first-order valence-electron chi connectivity index (χ1n) is 6.90. The molecule has 0 saturated heterocycles. The molecule has 0 unspecified atom stereocenters. The number of methoxy groups -OCH3 is 2. The summed E-state index contributed by atoms with van der Waals surface area (Å²) < 4.78 is 19.1. The van der Waals surface area contributed by atoms with E-state index in [9.17, 15) is 4.79 Å². The van der Waals surface area contributed by atoms with Crippen LogP contribution in [-0.2, 0) is 0 Å². The minimum absolute atomic E-state index is 0.144. The molecule has 0 fully saturated rings. The van der Waals surface area contributed by atoms with Gasteiger partial charge in [0.25, 0.3) is 0 Å². The van der Waals surface area contributed by atoms with Crippen molar-refractivity contribution in [3.8, 4) is 22.6 Å². The first-order chi connectivity index (χ1) is 11.9. The average molecular weight is 598 g/mol. The normalized spacial score (nSPS) is 11.0. The van der Waals surface area contributed by atoms with Crippen LogP contribution in [0.5, 0.6) is 11.5 Å². The fraction of sp³-hybridized carbons (Fsp3) is 0.118. The Morgan fingerprint density at radius 2 is 1.44 bits per heavy atom. The quantitative estimate of drug-likeness (QED) is 0.345. The Labute approximate surface area is 177 Å². The molecule has 0 atom stereocenters. The highest BCUT2D eigenvalue weighted by Gasteiger charge is 2.18. The van der Waals surface area contributed by atoms with Crippen LogP contribution >= 0.6 is 63.7 Å². The van der Waals surface area contributed by atoms with Crippen molar-refractivity contribution in [2.24, 2.45) is 0 Å². The highest BCUT2D eigenvalue weighted by molar-refractivity contribution is 9.11. The van der Waals surface area contributed by atoms with Crippen molar-refractivity contribution in [1.29, 1.82) is 0 Å². The van der Waals surface area contributed by atoms with Gasteiger partial charge in [-0.3, -0.25) is 4.79 Å². The highest BCUT2D eigenvalue weighted by atomic mass is 79.9. The highest BCUT2D eigenvalue weighted by Crippen LogP contribution is 2.40. The van der Waals surface area contributed by atoms with E-state index in [0.717, 1.165) is 8.95 Å². The summed E-state index contributed by atoms with van der Waals surface area (Å²) in [5.74, 6) is 1.22. The Hall–Kier alpha value is -0.830. The number of ether oxygens (including phenoxy) is 2. The van der Waals surface area contributed by atoms with Gasteiger partial charge in [-0.1, -0.05) is 0 Å². The monoisotopic (exact) mass is 594 g/mol. The van der Waals surface area contributed by atoms with Gasteiger partial charge in [-0.2, -0.15) is 0 Å². The zero-order chi connectivity index (χ0) is 18.3. The molecule has 0 radical (unpaired) electrons. The summed E-state index contributed by atoms with van der Waals surface area (Å²) in [6.07, 6.45) is 1.45. The number of hydrogen-bond donors (Lipinski definition) is 0. The summed E-state index contributed by atoms with van der Waals surface area (Å²) in [6, 6.07) is 5.33. The van der Waals surface area contributed by atoms with Gasteiger partial charge >= 0.3 is 0 Å². The molecule has 0 spiro atoms. The van der Waals surface area contributed by atoms with Crippen LogP contribution in [0, 0.1) is 0 Å². The molecular formula is C17H10Br4O4. The molecule has 1 heterocycles. The predicted molar refractivity (Wildman–Crippen MR) is 112 cm³/mol. The fourth-order valence-electron chi connectivity index (χ4n) is 2.48. The van der Waals surface area contributed by atoms with Gasteiger partial charge in [0.2, 0.25) is 5.43 Å². The summed E-state index contributed by atoms with van der Waals surface area (Å²) in [6.45, 7) is 0. The maximum absolute atomic E-state index is 13.0. The van der Waals surface area contributed by atoms with Crippen LogP contribution in [0.25, 0.3) is 22.1 Å². The molecule has 4 nitrogen and oxygen atoms in total. The molecule has 2 aromatic carbocycles. The molecular weight excluding hydrogens is 588 g/mol. The van der Waals surface area contributed by atoms with Crippen LogP contribution in [0.1, 0.15) is 0 Å². The van der Waals surface area contributed by atoms with Gasteiger partial charge in [-0.15, -0.1) is 0 Å². The molecule has 1 aromatic heterocycles. The number of halogens is 4. The Bertz CT molecular complexity index is 1020. The third-order valence-corrected chi connectivity index (χ3v) is 6.12. The van der Waals surface area contributed by atoms with E-state index in [1.807, 2.05) is 12.1 Å². The van der Waals surface area contributed by atoms with Crippen molar-refractivity contribution in [2.75, 3.05) is 14.2 Å². The van der Waals surface area contributed by atoms with Crippen molar-refractivity contribution in [3.63, 3.8) is 0 Å². The summed E-state index contributed by atoms with van der Waals surface area (Å²) in [5.41, 5.74) is 1.44. The first kappa shape index (κ1) is 18.9. The number of hydrogen-bond acceptors (Lipinski definition) is 4. The molecule has 0 bridgehead atoms. The molecule has 3 aromatic rings. The summed E-state index contributed by atoms with van der Waals surface area (Å²) in [4.78, 5) is 13.0. The lowest BCUT2D eigenvalue weighted by atomic mass is 10.1. The molecule has 8 heteroatoms. The Morgan fingerprint density at radius 3 is 2.00 bits per heavy atom. The van der Waals surface area contributed by atoms with E-state index in [1.54, 1.807) is 20.3 Å². The van der Waals surface area contributed by atoms with Crippen molar-refractivity contribution < 1.29 is 13.9 Å². The van der Waals surface area contributed by atoms with E-state index in [1.165, 1.54) is 6.26 Å². The number of rotatable bonds is 3. The molecule has 0 aliphatic carbocycles. The van der Waals surface area contributed by atoms with Crippen LogP contribution in [0.15, 0.2) is 51.6 Å². The summed E-state index contributed by atoms with van der Waals surface area (Å²) in [5, 5.41) is 0.445. The average Bonchev–Trinajstić information content (AvgIpc) is 2.56. The zero-order valence-corrected chi connectivity index (χ0v) is 19.3. The molecule has 25 heavy (non-hydrogen) atoms. The minimum atomic E-state index is -0.144. The van der Waals surface area contributed by atoms with Crippen LogP contribution < -0.4 is 14.9 Å². The standard InChI is InChI=1S/C17H10Br4O4/c1-23-16-10(18)3-7(4-11(16)19)9-6-25-15-8(14(9)22)5-12(20)17(24-2)13(15)21/h3-6H,1-2H3. The number of fused-ring (bicyclic) bond motifs is 1. The predicted octanol–water partition coefficient (Wildman–Crippen LogP) is 6.53. The first-order valence-corrected chi connectivity index (χ1v) is 10.1. The van der Waals surface area contributed by atoms with Crippen LogP contribution in [0.2, 0.25) is 0 Å². The Morgan fingerprint density at radius 1 is 0.880 bits per heavy atom. The lowest BCUT2D eigenvalue weighted by Crippen LogP contribution is -2.06. The van der Waals surface area contributed by atoms with E-state index in [4.69, 9.17) is 13.9 Å². The van der Waals surface area contributed by atoms with Gasteiger partial charge in [-0.25, -0.2) is 0 Å². The van der Waals surface area contributed by atoms with Crippen LogP contribution in [-0.4, -0.2) is 14.2 Å². The van der Waals surface area contributed by atoms with Crippen molar-refractivity contribution in [3.05, 3.63) is 52.6 Å². The largest absolute Gasteiger partial charge is 0.494 e. The van der Waals surface area contributed by atoms with Crippen LogP contribution in [0.3, 0.4) is 0 Å². The van der Waals surface area contributed by atoms with Gasteiger partial charge in [0.05, 0.1) is 38.6 Å². The Kier molecular flexibility index (Phi) is 5.63. The lowest BCUT2D eigenvalue weighted by Gasteiger charge is -2.11. The van der Waals surface area contributed by atoms with E-state index in [-0.39, 0.29) is 5.43 Å². The fourth-order valence-corrected chi connectivity index (χ4v) is 5.53. The molecule has 130 valence electrons. The van der Waals surface area contributed by atoms with Gasteiger partial charge in [0, 0.05) is 0 Å². The molecule has 0 aliphatic rings. The molecule has 0 N–H and O–H groups in total.